The van der Waals surface area contributed by atoms with Crippen molar-refractivity contribution in [2.45, 2.75) is 30.7 Å². The first kappa shape index (κ1) is 21.4. The maximum absolute atomic E-state index is 13.7. The van der Waals surface area contributed by atoms with Crippen molar-refractivity contribution in [1.29, 1.82) is 0 Å². The Labute approximate surface area is 161 Å². The van der Waals surface area contributed by atoms with Crippen molar-refractivity contribution in [3.63, 3.8) is 0 Å². The molecule has 0 atom stereocenters. The number of halogens is 1. The molecule has 0 bridgehead atoms. The summed E-state index contributed by atoms with van der Waals surface area (Å²) in [6.45, 7) is 9.36. The van der Waals surface area contributed by atoms with Crippen LogP contribution in [0.15, 0.2) is 46.8 Å². The molecule has 8 heteroatoms. The predicted octanol–water partition coefficient (Wildman–Crippen LogP) is 1.80. The van der Waals surface area contributed by atoms with Gasteiger partial charge in [0.15, 0.2) is 15.8 Å². The molecule has 0 radical (unpaired) electrons. The number of nitrogens with one attached hydrogen (secondary N) is 2. The summed E-state index contributed by atoms with van der Waals surface area (Å²) >= 11 is 0. The van der Waals surface area contributed by atoms with Crippen LogP contribution in [0.1, 0.15) is 19.8 Å². The van der Waals surface area contributed by atoms with Gasteiger partial charge in [0, 0.05) is 32.2 Å². The average molecular weight is 397 g/mol. The molecule has 1 saturated heterocycles. The van der Waals surface area contributed by atoms with Crippen LogP contribution in [0.5, 0.6) is 0 Å². The van der Waals surface area contributed by atoms with Crippen LogP contribution in [-0.2, 0) is 9.84 Å². The molecule has 0 saturated carbocycles. The minimum absolute atomic E-state index is 0.0707. The molecule has 1 heterocycles. The number of hydrogen-bond donors (Lipinski definition) is 2. The molecule has 0 aliphatic carbocycles. The number of hydrogen-bond acceptors (Lipinski definition) is 4. The summed E-state index contributed by atoms with van der Waals surface area (Å²) in [6.07, 6.45) is 3.90. The molecular weight excluding hydrogens is 367 g/mol. The Morgan fingerprint density at radius 1 is 1.37 bits per heavy atom. The summed E-state index contributed by atoms with van der Waals surface area (Å²) in [5.74, 6) is -0.358. The van der Waals surface area contributed by atoms with Gasteiger partial charge >= 0.3 is 0 Å². The minimum Gasteiger partial charge on any atom is -0.357 e. The molecule has 0 aromatic heterocycles. The molecule has 1 fully saturated rings. The van der Waals surface area contributed by atoms with Crippen molar-refractivity contribution in [2.75, 3.05) is 38.5 Å². The van der Waals surface area contributed by atoms with Gasteiger partial charge in [-0.1, -0.05) is 18.2 Å². The van der Waals surface area contributed by atoms with Crippen molar-refractivity contribution in [3.8, 4) is 0 Å². The highest BCUT2D eigenvalue weighted by Gasteiger charge is 2.20. The standard InChI is InChI=1S/C19H29FN4O2S/c1-3-12-24-13-9-16(10-14-24)23-19(21-4-2)22-11-15-27(25,26)18-8-6-5-7-17(18)20/h3,5-8,16H,1,4,9-15H2,2H3,(H2,21,22,23). The summed E-state index contributed by atoms with van der Waals surface area (Å²) in [5.41, 5.74) is 0. The van der Waals surface area contributed by atoms with E-state index in [1.54, 1.807) is 0 Å². The molecule has 0 spiro atoms. The van der Waals surface area contributed by atoms with E-state index in [1.807, 2.05) is 13.0 Å². The molecule has 2 N–H and O–H groups in total. The number of likely N-dealkylation sites (tertiary alicyclic amines) is 1. The zero-order chi connectivity index (χ0) is 19.7. The molecule has 6 nitrogen and oxygen atoms in total. The number of aliphatic imine (C=N–C) groups is 1. The molecule has 1 aliphatic heterocycles. The largest absolute Gasteiger partial charge is 0.357 e. The van der Waals surface area contributed by atoms with Gasteiger partial charge in [0.25, 0.3) is 0 Å². The van der Waals surface area contributed by atoms with Crippen molar-refractivity contribution < 1.29 is 12.8 Å². The Hall–Kier alpha value is -1.93. The van der Waals surface area contributed by atoms with E-state index in [0.717, 1.165) is 38.5 Å². The monoisotopic (exact) mass is 396 g/mol. The van der Waals surface area contributed by atoms with Crippen LogP contribution in [0.4, 0.5) is 4.39 Å². The van der Waals surface area contributed by atoms with E-state index in [4.69, 9.17) is 0 Å². The van der Waals surface area contributed by atoms with E-state index in [0.29, 0.717) is 18.5 Å². The van der Waals surface area contributed by atoms with Crippen molar-refractivity contribution in [1.82, 2.24) is 15.5 Å². The molecule has 0 amide bonds. The lowest BCUT2D eigenvalue weighted by Gasteiger charge is -2.32. The van der Waals surface area contributed by atoms with Crippen molar-refractivity contribution in [2.24, 2.45) is 4.99 Å². The van der Waals surface area contributed by atoms with E-state index >= 15 is 0 Å². The topological polar surface area (TPSA) is 73.8 Å². The quantitative estimate of drug-likeness (QED) is 0.398. The summed E-state index contributed by atoms with van der Waals surface area (Å²) in [4.78, 5) is 6.44. The van der Waals surface area contributed by atoms with Crippen LogP contribution >= 0.6 is 0 Å². The Morgan fingerprint density at radius 3 is 2.70 bits per heavy atom. The lowest BCUT2D eigenvalue weighted by Crippen LogP contribution is -2.48. The fraction of sp³-hybridized carbons (Fsp3) is 0.526. The predicted molar refractivity (Wildman–Crippen MR) is 107 cm³/mol. The molecule has 150 valence electrons. The Morgan fingerprint density at radius 2 is 2.07 bits per heavy atom. The van der Waals surface area contributed by atoms with Gasteiger partial charge in [-0.05, 0) is 31.9 Å². The Bertz CT molecular complexity index is 744. The summed E-state index contributed by atoms with van der Waals surface area (Å²) in [5, 5.41) is 6.52. The van der Waals surface area contributed by atoms with E-state index in [2.05, 4.69) is 27.1 Å². The van der Waals surface area contributed by atoms with Crippen LogP contribution in [-0.4, -0.2) is 63.8 Å². The molecule has 1 aliphatic rings. The highest BCUT2D eigenvalue weighted by Crippen LogP contribution is 2.15. The lowest BCUT2D eigenvalue weighted by molar-refractivity contribution is 0.225. The second-order valence-electron chi connectivity index (χ2n) is 6.52. The van der Waals surface area contributed by atoms with Gasteiger partial charge in [0.05, 0.1) is 12.3 Å². The third-order valence-electron chi connectivity index (χ3n) is 4.46. The van der Waals surface area contributed by atoms with E-state index in [9.17, 15) is 12.8 Å². The van der Waals surface area contributed by atoms with E-state index < -0.39 is 15.7 Å². The smallest absolute Gasteiger partial charge is 0.191 e. The molecule has 0 unspecified atom stereocenters. The number of piperidine rings is 1. The third kappa shape index (κ3) is 6.62. The van der Waals surface area contributed by atoms with Crippen LogP contribution in [0.25, 0.3) is 0 Å². The number of benzene rings is 1. The van der Waals surface area contributed by atoms with Gasteiger partial charge in [-0.15, -0.1) is 6.58 Å². The molecular formula is C19H29FN4O2S. The van der Waals surface area contributed by atoms with Gasteiger partial charge in [-0.25, -0.2) is 12.8 Å². The summed E-state index contributed by atoms with van der Waals surface area (Å²) in [7, 11) is -3.70. The third-order valence-corrected chi connectivity index (χ3v) is 6.18. The van der Waals surface area contributed by atoms with E-state index in [1.165, 1.54) is 18.2 Å². The van der Waals surface area contributed by atoms with Crippen LogP contribution in [0.2, 0.25) is 0 Å². The zero-order valence-corrected chi connectivity index (χ0v) is 16.6. The highest BCUT2D eigenvalue weighted by atomic mass is 32.2. The zero-order valence-electron chi connectivity index (χ0n) is 15.8. The van der Waals surface area contributed by atoms with Crippen LogP contribution in [0.3, 0.4) is 0 Å². The van der Waals surface area contributed by atoms with Gasteiger partial charge < -0.3 is 10.6 Å². The maximum Gasteiger partial charge on any atom is 0.191 e. The molecule has 2 rings (SSSR count). The van der Waals surface area contributed by atoms with Crippen LogP contribution < -0.4 is 10.6 Å². The number of nitrogens with zero attached hydrogens (tertiary/aromatic N) is 2. The number of guanidine groups is 1. The van der Waals surface area contributed by atoms with Gasteiger partial charge in [0.2, 0.25) is 0 Å². The van der Waals surface area contributed by atoms with Gasteiger partial charge in [0.1, 0.15) is 10.7 Å². The number of rotatable bonds is 8. The first-order valence-corrected chi connectivity index (χ1v) is 11.0. The summed E-state index contributed by atoms with van der Waals surface area (Å²) < 4.78 is 38.4. The fourth-order valence-corrected chi connectivity index (χ4v) is 4.24. The van der Waals surface area contributed by atoms with Crippen molar-refractivity contribution >= 4 is 15.8 Å². The normalized spacial score (nSPS) is 16.9. The van der Waals surface area contributed by atoms with Gasteiger partial charge in [-0.3, -0.25) is 9.89 Å². The lowest BCUT2D eigenvalue weighted by atomic mass is 10.1. The SMILES string of the molecule is C=CCN1CCC(NC(=NCCS(=O)(=O)c2ccccc2F)NCC)CC1. The Balaban J connectivity index is 1.92. The minimum atomic E-state index is -3.70. The number of sulfone groups is 1. The maximum atomic E-state index is 13.7. The average Bonchev–Trinajstić information content (AvgIpc) is 2.64. The van der Waals surface area contributed by atoms with Crippen molar-refractivity contribution in [3.05, 3.63) is 42.7 Å². The second kappa shape index (κ2) is 10.4. The highest BCUT2D eigenvalue weighted by molar-refractivity contribution is 7.91. The Kier molecular flexibility index (Phi) is 8.24. The molecule has 1 aromatic rings. The van der Waals surface area contributed by atoms with Gasteiger partial charge in [-0.2, -0.15) is 0 Å². The van der Waals surface area contributed by atoms with E-state index in [-0.39, 0.29) is 17.2 Å². The summed E-state index contributed by atoms with van der Waals surface area (Å²) in [6, 6.07) is 5.73. The molecule has 27 heavy (non-hydrogen) atoms. The first-order valence-electron chi connectivity index (χ1n) is 9.31. The second-order valence-corrected chi connectivity index (χ2v) is 8.60. The van der Waals surface area contributed by atoms with Crippen LogP contribution in [0, 0.1) is 5.82 Å². The molecule has 1 aromatic carbocycles. The first-order chi connectivity index (χ1) is 13.0. The fourth-order valence-electron chi connectivity index (χ4n) is 3.04.